The molecule has 0 atom stereocenters. The Labute approximate surface area is 248 Å². The number of carbonyl (C=O) groups excluding carboxylic acids is 2. The zero-order valence-electron chi connectivity index (χ0n) is 24.2. The Hall–Kier alpha value is -4.71. The average Bonchev–Trinajstić information content (AvgIpc) is 3.44. The van der Waals surface area contributed by atoms with E-state index in [1.54, 1.807) is 22.4 Å². The third-order valence-corrected chi connectivity index (χ3v) is 6.60. The number of ether oxygens (including phenoxy) is 1. The molecule has 0 aliphatic carbocycles. The summed E-state index contributed by atoms with van der Waals surface area (Å²) in [6, 6.07) is 18.1. The van der Waals surface area contributed by atoms with E-state index in [1.165, 1.54) is 24.3 Å². The van der Waals surface area contributed by atoms with Gasteiger partial charge in [-0.05, 0) is 85.7 Å². The highest BCUT2D eigenvalue weighted by molar-refractivity contribution is 6.01. The van der Waals surface area contributed by atoms with Gasteiger partial charge in [-0.3, -0.25) is 15.3 Å². The molecular weight excluding hydrogens is 561 g/mol. The quantitative estimate of drug-likeness (QED) is 0.187. The highest BCUT2D eigenvalue weighted by Gasteiger charge is 2.31. The van der Waals surface area contributed by atoms with Crippen LogP contribution in [-0.4, -0.2) is 25.0 Å². The van der Waals surface area contributed by atoms with E-state index in [9.17, 15) is 22.8 Å². The Bertz CT molecular complexity index is 1440. The number of anilines is 3. The van der Waals surface area contributed by atoms with Crippen LogP contribution in [0.4, 0.5) is 39.8 Å². The lowest BCUT2D eigenvalue weighted by Gasteiger charge is -2.23. The zero-order chi connectivity index (χ0) is 31.0. The first-order chi connectivity index (χ1) is 20.5. The first-order valence-corrected chi connectivity index (χ1v) is 13.9. The molecule has 0 saturated carbocycles. The van der Waals surface area contributed by atoms with Gasteiger partial charge < -0.3 is 15.4 Å². The molecule has 12 heteroatoms. The normalized spacial score (nSPS) is 12.9. The van der Waals surface area contributed by atoms with Crippen molar-refractivity contribution < 1.29 is 27.5 Å². The number of nitrogens with zero attached hydrogens (tertiary/aromatic N) is 2. The van der Waals surface area contributed by atoms with Crippen molar-refractivity contribution in [2.75, 3.05) is 21.9 Å². The van der Waals surface area contributed by atoms with E-state index in [4.69, 9.17) is 0 Å². The Morgan fingerprint density at radius 2 is 1.63 bits per heavy atom. The van der Waals surface area contributed by atoms with Gasteiger partial charge in [-0.25, -0.2) is 9.59 Å². The Balaban J connectivity index is 1.17. The smallest absolute Gasteiger partial charge is 0.406 e. The lowest BCUT2D eigenvalue weighted by atomic mass is 9.99. The van der Waals surface area contributed by atoms with Gasteiger partial charge in [-0.1, -0.05) is 43.7 Å². The second kappa shape index (κ2) is 14.0. The Morgan fingerprint density at radius 3 is 2.33 bits per heavy atom. The van der Waals surface area contributed by atoms with Gasteiger partial charge in [-0.2, -0.15) is 0 Å². The number of hydrogen-bond acceptors (Lipinski definition) is 6. The van der Waals surface area contributed by atoms with Gasteiger partial charge in [0.25, 0.3) is 0 Å². The van der Waals surface area contributed by atoms with Crippen molar-refractivity contribution in [3.8, 4) is 5.75 Å². The van der Waals surface area contributed by atoms with E-state index in [2.05, 4.69) is 26.2 Å². The number of urea groups is 2. The van der Waals surface area contributed by atoms with Gasteiger partial charge in [0.2, 0.25) is 0 Å². The molecule has 1 aliphatic rings. The van der Waals surface area contributed by atoms with E-state index < -0.39 is 18.4 Å². The molecule has 228 valence electrons. The van der Waals surface area contributed by atoms with Crippen molar-refractivity contribution in [2.24, 2.45) is 0 Å². The zero-order valence-corrected chi connectivity index (χ0v) is 24.2. The predicted octanol–water partition coefficient (Wildman–Crippen LogP) is 7.09. The third-order valence-electron chi connectivity index (χ3n) is 6.60. The number of alkyl halides is 3. The minimum absolute atomic E-state index is 0.221. The van der Waals surface area contributed by atoms with Gasteiger partial charge in [0.1, 0.15) is 5.75 Å². The van der Waals surface area contributed by atoms with Crippen LogP contribution in [-0.2, 0) is 6.42 Å². The molecule has 4 N–H and O–H groups in total. The number of carbonyl (C=O) groups is 2. The van der Waals surface area contributed by atoms with Crippen LogP contribution < -0.4 is 36.2 Å². The highest BCUT2D eigenvalue weighted by Crippen LogP contribution is 2.27. The fraction of sp³-hybridized carbons (Fsp3) is 0.290. The van der Waals surface area contributed by atoms with E-state index in [0.29, 0.717) is 17.9 Å². The fourth-order valence-electron chi connectivity index (χ4n) is 4.50. The molecule has 3 aromatic carbocycles. The van der Waals surface area contributed by atoms with Gasteiger partial charge in [0.15, 0.2) is 0 Å². The maximum atomic E-state index is 12.4. The van der Waals surface area contributed by atoms with Crippen molar-refractivity contribution in [3.63, 3.8) is 0 Å². The predicted molar refractivity (Wildman–Crippen MR) is 161 cm³/mol. The molecule has 1 heterocycles. The van der Waals surface area contributed by atoms with Crippen LogP contribution in [0.2, 0.25) is 0 Å². The molecule has 0 fully saturated rings. The Kier molecular flexibility index (Phi) is 10.1. The number of nitrogens with one attached hydrogen (secondary N) is 4. The number of unbranched alkanes of at least 4 members (excludes halogenated alkanes) is 1. The summed E-state index contributed by atoms with van der Waals surface area (Å²) in [6.45, 7) is 6.49. The molecule has 0 bridgehead atoms. The molecule has 43 heavy (non-hydrogen) atoms. The standard InChI is InChI=1S/C31H35F3N6O3/c1-21(2)27-19-22(3)10-15-28(27)36-30(42)37-29(41)35-16-5-4-7-23-8-6-9-25(20-23)40-18-17-39(38-40)24-11-13-26(14-12-24)43-31(32,33)34/h6,8-15,17-21,38H,4-5,7,16H2,1-3H3,(H3,35,36,37,41,42). The van der Waals surface area contributed by atoms with Crippen LogP contribution in [0, 0.1) is 6.92 Å². The molecule has 3 aromatic rings. The maximum Gasteiger partial charge on any atom is 0.573 e. The maximum absolute atomic E-state index is 12.4. The minimum Gasteiger partial charge on any atom is -0.406 e. The molecule has 0 spiro atoms. The fourth-order valence-corrected chi connectivity index (χ4v) is 4.50. The summed E-state index contributed by atoms with van der Waals surface area (Å²) in [5, 5.41) is 11.2. The van der Waals surface area contributed by atoms with Crippen LogP contribution in [0.5, 0.6) is 5.75 Å². The number of amides is 4. The second-order valence-corrected chi connectivity index (χ2v) is 10.4. The molecule has 0 aromatic heterocycles. The van der Waals surface area contributed by atoms with Crippen LogP contribution in [0.25, 0.3) is 0 Å². The highest BCUT2D eigenvalue weighted by atomic mass is 19.4. The third kappa shape index (κ3) is 9.40. The SMILES string of the molecule is Cc1ccc(NC(=O)NC(=O)NCCCCc2cccc(N3C=CN(c4ccc(OC(F)(F)F)cc4)N3)c2)c(C(C)C)c1. The molecular formula is C31H35F3N6O3. The molecule has 1 aliphatic heterocycles. The summed E-state index contributed by atoms with van der Waals surface area (Å²) >= 11 is 0. The first-order valence-electron chi connectivity index (χ1n) is 13.9. The number of rotatable bonds is 10. The summed E-state index contributed by atoms with van der Waals surface area (Å²) < 4.78 is 41.1. The van der Waals surface area contributed by atoms with E-state index in [0.717, 1.165) is 41.6 Å². The summed E-state index contributed by atoms with van der Waals surface area (Å²) in [4.78, 5) is 24.5. The van der Waals surface area contributed by atoms with Gasteiger partial charge >= 0.3 is 18.4 Å². The summed E-state index contributed by atoms with van der Waals surface area (Å²) in [7, 11) is 0. The number of hydrogen-bond donors (Lipinski definition) is 4. The van der Waals surface area contributed by atoms with Crippen molar-refractivity contribution in [1.82, 2.24) is 16.2 Å². The molecule has 4 amide bonds. The van der Waals surface area contributed by atoms with Crippen molar-refractivity contribution in [1.29, 1.82) is 0 Å². The lowest BCUT2D eigenvalue weighted by molar-refractivity contribution is -0.274. The number of imide groups is 1. The molecule has 4 rings (SSSR count). The number of halogens is 3. The molecule has 0 saturated heterocycles. The monoisotopic (exact) mass is 596 g/mol. The molecule has 0 radical (unpaired) electrons. The minimum atomic E-state index is -4.74. The van der Waals surface area contributed by atoms with E-state index >= 15 is 0 Å². The number of aryl methyl sites for hydroxylation is 2. The first kappa shape index (κ1) is 31.2. The van der Waals surface area contributed by atoms with Crippen molar-refractivity contribution in [3.05, 3.63) is 95.8 Å². The van der Waals surface area contributed by atoms with Crippen molar-refractivity contribution in [2.45, 2.75) is 52.3 Å². The van der Waals surface area contributed by atoms with Gasteiger partial charge in [0.05, 0.1) is 11.4 Å². The molecule has 0 unspecified atom stereocenters. The van der Waals surface area contributed by atoms with Crippen LogP contribution in [0.1, 0.15) is 49.3 Å². The summed E-state index contributed by atoms with van der Waals surface area (Å²) in [6.07, 6.45) is 1.15. The van der Waals surface area contributed by atoms with Crippen LogP contribution in [0.15, 0.2) is 79.1 Å². The second-order valence-electron chi connectivity index (χ2n) is 10.4. The van der Waals surface area contributed by atoms with Gasteiger partial charge in [-0.15, -0.1) is 18.7 Å². The summed E-state index contributed by atoms with van der Waals surface area (Å²) in [5.41, 5.74) is 8.54. The van der Waals surface area contributed by atoms with E-state index in [1.807, 2.05) is 63.2 Å². The summed E-state index contributed by atoms with van der Waals surface area (Å²) in [5.74, 6) is -0.0673. The Morgan fingerprint density at radius 1 is 0.907 bits per heavy atom. The van der Waals surface area contributed by atoms with Crippen molar-refractivity contribution >= 4 is 29.1 Å². The molecule has 9 nitrogen and oxygen atoms in total. The largest absolute Gasteiger partial charge is 0.573 e. The average molecular weight is 597 g/mol. The topological polar surface area (TPSA) is 98.0 Å². The number of hydrazine groups is 2. The van der Waals surface area contributed by atoms with E-state index in [-0.39, 0.29) is 11.7 Å². The van der Waals surface area contributed by atoms with Crippen LogP contribution >= 0.6 is 0 Å². The lowest BCUT2D eigenvalue weighted by Crippen LogP contribution is -2.42. The number of benzene rings is 3. The van der Waals surface area contributed by atoms with Crippen LogP contribution in [0.3, 0.4) is 0 Å². The van der Waals surface area contributed by atoms with Gasteiger partial charge in [0, 0.05) is 24.6 Å².